The van der Waals surface area contributed by atoms with E-state index in [1.165, 1.54) is 0 Å². The van der Waals surface area contributed by atoms with Crippen molar-refractivity contribution in [2.75, 3.05) is 0 Å². The zero-order valence-electron chi connectivity index (χ0n) is 23.4. The predicted molar refractivity (Wildman–Crippen MR) is 166 cm³/mol. The Labute approximate surface area is 246 Å². The SMILES string of the molecule is CC(C)(C)NC(=O)C(Cc1ccccc1)N(Cc1cccc(Br)c1)C(=O)CC(c1ccccc1)c1ccccc1. The lowest BCUT2D eigenvalue weighted by Crippen LogP contribution is -2.54. The number of carbonyl (C=O) groups excluding carboxylic acids is 2. The molecule has 0 radical (unpaired) electrons. The first kappa shape index (κ1) is 29.3. The Morgan fingerprint density at radius 2 is 1.27 bits per heavy atom. The number of nitrogens with one attached hydrogen (secondary N) is 1. The van der Waals surface area contributed by atoms with Crippen molar-refractivity contribution in [2.45, 2.75) is 57.7 Å². The monoisotopic (exact) mass is 596 g/mol. The zero-order chi connectivity index (χ0) is 28.5. The fourth-order valence-corrected chi connectivity index (χ4v) is 5.38. The van der Waals surface area contributed by atoms with Crippen LogP contribution in [-0.4, -0.2) is 28.3 Å². The Morgan fingerprint density at radius 3 is 1.80 bits per heavy atom. The Morgan fingerprint density at radius 1 is 0.750 bits per heavy atom. The van der Waals surface area contributed by atoms with Gasteiger partial charge in [-0.1, -0.05) is 119 Å². The molecule has 206 valence electrons. The Kier molecular flexibility index (Phi) is 9.94. The lowest BCUT2D eigenvalue weighted by molar-refractivity contribution is -0.142. The molecule has 1 N–H and O–H groups in total. The van der Waals surface area contributed by atoms with Crippen molar-refractivity contribution in [1.82, 2.24) is 10.2 Å². The van der Waals surface area contributed by atoms with Crippen LogP contribution in [0.1, 0.15) is 55.4 Å². The highest BCUT2D eigenvalue weighted by molar-refractivity contribution is 9.10. The summed E-state index contributed by atoms with van der Waals surface area (Å²) in [4.78, 5) is 30.1. The summed E-state index contributed by atoms with van der Waals surface area (Å²) in [5.74, 6) is -0.360. The third-order valence-corrected chi connectivity index (χ3v) is 7.29. The van der Waals surface area contributed by atoms with Gasteiger partial charge in [-0.05, 0) is 55.2 Å². The summed E-state index contributed by atoms with van der Waals surface area (Å²) >= 11 is 3.57. The van der Waals surface area contributed by atoms with Crippen LogP contribution in [0.25, 0.3) is 0 Å². The molecule has 0 aliphatic rings. The number of halogens is 1. The number of amides is 2. The maximum atomic E-state index is 14.4. The van der Waals surface area contributed by atoms with E-state index >= 15 is 0 Å². The highest BCUT2D eigenvalue weighted by Gasteiger charge is 2.33. The minimum Gasteiger partial charge on any atom is -0.350 e. The van der Waals surface area contributed by atoms with E-state index in [0.29, 0.717) is 13.0 Å². The first-order valence-corrected chi connectivity index (χ1v) is 14.5. The van der Waals surface area contributed by atoms with Gasteiger partial charge in [-0.3, -0.25) is 9.59 Å². The van der Waals surface area contributed by atoms with Gasteiger partial charge < -0.3 is 10.2 Å². The minimum atomic E-state index is -0.680. The van der Waals surface area contributed by atoms with Gasteiger partial charge in [0.1, 0.15) is 6.04 Å². The smallest absolute Gasteiger partial charge is 0.243 e. The van der Waals surface area contributed by atoms with Crippen molar-refractivity contribution in [3.05, 3.63) is 142 Å². The predicted octanol–water partition coefficient (Wildman–Crippen LogP) is 7.53. The normalized spacial score (nSPS) is 12.1. The lowest BCUT2D eigenvalue weighted by Gasteiger charge is -2.35. The van der Waals surface area contributed by atoms with E-state index in [0.717, 1.165) is 26.7 Å². The summed E-state index contributed by atoms with van der Waals surface area (Å²) in [5.41, 5.74) is 3.67. The van der Waals surface area contributed by atoms with Crippen molar-refractivity contribution in [3.8, 4) is 0 Å². The van der Waals surface area contributed by atoms with Gasteiger partial charge in [0.15, 0.2) is 0 Å². The molecule has 40 heavy (non-hydrogen) atoms. The molecule has 4 rings (SSSR count). The van der Waals surface area contributed by atoms with E-state index in [9.17, 15) is 9.59 Å². The minimum absolute atomic E-state index is 0.0670. The molecule has 1 atom stereocenters. The van der Waals surface area contributed by atoms with Gasteiger partial charge >= 0.3 is 0 Å². The van der Waals surface area contributed by atoms with Crippen LogP contribution >= 0.6 is 15.9 Å². The van der Waals surface area contributed by atoms with E-state index in [-0.39, 0.29) is 24.2 Å². The van der Waals surface area contributed by atoms with Crippen molar-refractivity contribution < 1.29 is 9.59 Å². The summed E-state index contributed by atoms with van der Waals surface area (Å²) in [6, 6.07) is 37.4. The van der Waals surface area contributed by atoms with Crippen LogP contribution in [0, 0.1) is 0 Å². The van der Waals surface area contributed by atoms with E-state index in [2.05, 4.69) is 45.5 Å². The molecule has 0 heterocycles. The average molecular weight is 598 g/mol. The highest BCUT2D eigenvalue weighted by atomic mass is 79.9. The Bertz CT molecular complexity index is 1350. The molecular weight excluding hydrogens is 560 g/mol. The van der Waals surface area contributed by atoms with Gasteiger partial charge in [0.2, 0.25) is 11.8 Å². The van der Waals surface area contributed by atoms with Crippen molar-refractivity contribution in [3.63, 3.8) is 0 Å². The molecule has 0 saturated carbocycles. The molecule has 2 amide bonds. The second-order valence-corrected chi connectivity index (χ2v) is 12.1. The molecule has 0 aromatic heterocycles. The molecule has 4 aromatic rings. The second kappa shape index (κ2) is 13.6. The molecule has 0 aliphatic carbocycles. The zero-order valence-corrected chi connectivity index (χ0v) is 25.0. The van der Waals surface area contributed by atoms with Gasteiger partial charge in [-0.2, -0.15) is 0 Å². The quantitative estimate of drug-likeness (QED) is 0.206. The Balaban J connectivity index is 1.75. The second-order valence-electron chi connectivity index (χ2n) is 11.2. The largest absolute Gasteiger partial charge is 0.350 e. The fourth-order valence-electron chi connectivity index (χ4n) is 4.93. The van der Waals surface area contributed by atoms with E-state index in [1.54, 1.807) is 4.90 Å². The third-order valence-electron chi connectivity index (χ3n) is 6.79. The van der Waals surface area contributed by atoms with Gasteiger partial charge in [-0.25, -0.2) is 0 Å². The molecule has 4 nitrogen and oxygen atoms in total. The highest BCUT2D eigenvalue weighted by Crippen LogP contribution is 2.30. The standard InChI is InChI=1S/C35H37BrN2O2/c1-35(2,3)37-34(40)32(23-26-14-7-4-8-15-26)38(25-27-16-13-21-30(36)22-27)33(39)24-31(28-17-9-5-10-18-28)29-19-11-6-12-20-29/h4-22,31-32H,23-25H2,1-3H3,(H,37,40). The van der Waals surface area contributed by atoms with E-state index in [4.69, 9.17) is 0 Å². The molecule has 0 bridgehead atoms. The number of hydrogen-bond donors (Lipinski definition) is 1. The first-order valence-electron chi connectivity index (χ1n) is 13.7. The average Bonchev–Trinajstić information content (AvgIpc) is 2.94. The number of rotatable bonds is 10. The third kappa shape index (κ3) is 8.40. The first-order chi connectivity index (χ1) is 19.2. The summed E-state index contributed by atoms with van der Waals surface area (Å²) < 4.78 is 0.933. The van der Waals surface area contributed by atoms with Crippen LogP contribution in [0.4, 0.5) is 0 Å². The molecule has 5 heteroatoms. The molecular formula is C35H37BrN2O2. The van der Waals surface area contributed by atoms with Crippen LogP contribution in [0.5, 0.6) is 0 Å². The summed E-state index contributed by atoms with van der Waals surface area (Å²) in [7, 11) is 0. The Hall–Kier alpha value is -3.70. The van der Waals surface area contributed by atoms with Crippen LogP contribution in [0.2, 0.25) is 0 Å². The molecule has 1 unspecified atom stereocenters. The van der Waals surface area contributed by atoms with Gasteiger partial charge in [0.05, 0.1) is 0 Å². The van der Waals surface area contributed by atoms with Crippen LogP contribution in [0.15, 0.2) is 120 Å². The summed E-state index contributed by atoms with van der Waals surface area (Å²) in [5, 5.41) is 3.15. The number of nitrogens with zero attached hydrogens (tertiary/aromatic N) is 1. The topological polar surface area (TPSA) is 49.4 Å². The maximum Gasteiger partial charge on any atom is 0.243 e. The number of benzene rings is 4. The summed E-state index contributed by atoms with van der Waals surface area (Å²) in [6.45, 7) is 6.22. The molecule has 0 saturated heterocycles. The number of hydrogen-bond acceptors (Lipinski definition) is 2. The van der Waals surface area contributed by atoms with Crippen molar-refractivity contribution in [1.29, 1.82) is 0 Å². The molecule has 4 aromatic carbocycles. The van der Waals surface area contributed by atoms with Crippen LogP contribution in [0.3, 0.4) is 0 Å². The van der Waals surface area contributed by atoms with Gasteiger partial charge in [0.25, 0.3) is 0 Å². The number of carbonyl (C=O) groups is 2. The molecule has 0 aliphatic heterocycles. The molecule has 0 fully saturated rings. The molecule has 0 spiro atoms. The lowest BCUT2D eigenvalue weighted by atomic mass is 9.87. The van der Waals surface area contributed by atoms with E-state index < -0.39 is 11.6 Å². The maximum absolute atomic E-state index is 14.4. The van der Waals surface area contributed by atoms with Crippen molar-refractivity contribution in [2.24, 2.45) is 0 Å². The fraction of sp³-hybridized carbons (Fsp3) is 0.257. The summed E-state index contributed by atoms with van der Waals surface area (Å²) in [6.07, 6.45) is 0.667. The van der Waals surface area contributed by atoms with Gasteiger partial charge in [-0.15, -0.1) is 0 Å². The van der Waals surface area contributed by atoms with Crippen molar-refractivity contribution >= 4 is 27.7 Å². The van der Waals surface area contributed by atoms with Gasteiger partial charge in [0, 0.05) is 35.3 Å². The van der Waals surface area contributed by atoms with E-state index in [1.807, 2.05) is 112 Å². The van der Waals surface area contributed by atoms with Crippen LogP contribution < -0.4 is 5.32 Å². The van der Waals surface area contributed by atoms with Crippen LogP contribution in [-0.2, 0) is 22.6 Å².